The molecule has 1 saturated heterocycles. The zero-order chi connectivity index (χ0) is 14.7. The van der Waals surface area contributed by atoms with E-state index in [9.17, 15) is 14.3 Å². The van der Waals surface area contributed by atoms with Crippen LogP contribution in [0.15, 0.2) is 12.1 Å². The van der Waals surface area contributed by atoms with Crippen molar-refractivity contribution in [2.45, 2.75) is 25.9 Å². The van der Waals surface area contributed by atoms with E-state index in [-0.39, 0.29) is 17.4 Å². The molecule has 20 heavy (non-hydrogen) atoms. The third kappa shape index (κ3) is 2.85. The highest BCUT2D eigenvalue weighted by Crippen LogP contribution is 2.30. The summed E-state index contributed by atoms with van der Waals surface area (Å²) >= 11 is 0. The average Bonchev–Trinajstić information content (AvgIpc) is 2.42. The summed E-state index contributed by atoms with van der Waals surface area (Å²) in [7, 11) is 0. The Kier molecular flexibility index (Phi) is 4.44. The predicted octanol–water partition coefficient (Wildman–Crippen LogP) is 2.11. The zero-order valence-electron chi connectivity index (χ0n) is 11.4. The van der Waals surface area contributed by atoms with Crippen molar-refractivity contribution in [2.75, 3.05) is 30.3 Å². The van der Waals surface area contributed by atoms with E-state index >= 15 is 0 Å². The monoisotopic (exact) mass is 282 g/mol. The van der Waals surface area contributed by atoms with Crippen molar-refractivity contribution in [1.82, 2.24) is 0 Å². The molecule has 0 spiro atoms. The van der Waals surface area contributed by atoms with Crippen LogP contribution in [0.5, 0.6) is 0 Å². The normalized spacial score (nSPS) is 19.1. The molecule has 3 N–H and O–H groups in total. The van der Waals surface area contributed by atoms with Crippen molar-refractivity contribution in [2.24, 2.45) is 0 Å². The van der Waals surface area contributed by atoms with Crippen molar-refractivity contribution in [1.29, 1.82) is 0 Å². The molecule has 1 aromatic carbocycles. The number of rotatable bonds is 4. The van der Waals surface area contributed by atoms with Crippen LogP contribution < -0.4 is 10.6 Å². The van der Waals surface area contributed by atoms with Crippen LogP contribution in [0.1, 0.15) is 30.1 Å². The molecule has 1 aromatic rings. The van der Waals surface area contributed by atoms with Gasteiger partial charge in [0.25, 0.3) is 0 Å². The highest BCUT2D eigenvalue weighted by atomic mass is 19.1. The molecule has 5 nitrogen and oxygen atoms in total. The zero-order valence-corrected chi connectivity index (χ0v) is 11.4. The number of ether oxygens (including phenoxy) is 1. The van der Waals surface area contributed by atoms with Gasteiger partial charge in [0, 0.05) is 19.7 Å². The molecule has 2 rings (SSSR count). The van der Waals surface area contributed by atoms with E-state index in [4.69, 9.17) is 10.5 Å². The van der Waals surface area contributed by atoms with Crippen LogP contribution >= 0.6 is 0 Å². The van der Waals surface area contributed by atoms with Crippen molar-refractivity contribution < 1.29 is 19.0 Å². The smallest absolute Gasteiger partial charge is 0.340 e. The Balaban J connectivity index is 2.32. The van der Waals surface area contributed by atoms with Crippen LogP contribution in [0.25, 0.3) is 0 Å². The summed E-state index contributed by atoms with van der Waals surface area (Å²) in [5.74, 6) is -1.92. The standard InChI is InChI=1S/C14H19FN2O3/c1-2-20-9-4-3-7-17(8-9)11-6-5-10(15)13(16)12(11)14(18)19/h5-6,9H,2-4,7-8,16H2,1H3,(H,18,19). The van der Waals surface area contributed by atoms with Gasteiger partial charge in [-0.3, -0.25) is 0 Å². The minimum absolute atomic E-state index is 0.0710. The fraction of sp³-hybridized carbons (Fsp3) is 0.500. The van der Waals surface area contributed by atoms with Crippen molar-refractivity contribution >= 4 is 17.3 Å². The maximum absolute atomic E-state index is 13.5. The Labute approximate surface area is 117 Å². The second kappa shape index (κ2) is 6.09. The van der Waals surface area contributed by atoms with Gasteiger partial charge in [0.05, 0.1) is 17.5 Å². The summed E-state index contributed by atoms with van der Waals surface area (Å²) in [6.45, 7) is 3.86. The van der Waals surface area contributed by atoms with E-state index in [1.54, 1.807) is 0 Å². The second-order valence-corrected chi connectivity index (χ2v) is 4.83. The SMILES string of the molecule is CCOC1CCCN(c2ccc(F)c(N)c2C(=O)O)C1. The largest absolute Gasteiger partial charge is 0.478 e. The first-order valence-corrected chi connectivity index (χ1v) is 6.72. The Morgan fingerprint density at radius 3 is 3.00 bits per heavy atom. The van der Waals surface area contributed by atoms with Gasteiger partial charge in [-0.15, -0.1) is 0 Å². The first kappa shape index (κ1) is 14.6. The lowest BCUT2D eigenvalue weighted by Gasteiger charge is -2.35. The van der Waals surface area contributed by atoms with Crippen LogP contribution in [0.2, 0.25) is 0 Å². The fourth-order valence-corrected chi connectivity index (χ4v) is 2.60. The summed E-state index contributed by atoms with van der Waals surface area (Å²) in [4.78, 5) is 13.2. The fourth-order valence-electron chi connectivity index (χ4n) is 2.60. The number of carboxylic acids is 1. The summed E-state index contributed by atoms with van der Waals surface area (Å²) < 4.78 is 19.0. The molecule has 1 unspecified atom stereocenters. The molecule has 0 bridgehead atoms. The first-order valence-electron chi connectivity index (χ1n) is 6.72. The molecule has 0 aromatic heterocycles. The van der Waals surface area contributed by atoms with Crippen LogP contribution in [-0.4, -0.2) is 36.9 Å². The highest BCUT2D eigenvalue weighted by molar-refractivity contribution is 6.00. The molecule has 1 fully saturated rings. The third-order valence-corrected chi connectivity index (χ3v) is 3.51. The number of piperidine rings is 1. The third-order valence-electron chi connectivity index (χ3n) is 3.51. The molecular weight excluding hydrogens is 263 g/mol. The molecule has 1 aliphatic heterocycles. The molecule has 1 heterocycles. The quantitative estimate of drug-likeness (QED) is 0.827. The van der Waals surface area contributed by atoms with Crippen LogP contribution in [0.3, 0.4) is 0 Å². The molecule has 0 amide bonds. The van der Waals surface area contributed by atoms with Crippen molar-refractivity contribution in [3.05, 3.63) is 23.5 Å². The van der Waals surface area contributed by atoms with Crippen molar-refractivity contribution in [3.63, 3.8) is 0 Å². The minimum Gasteiger partial charge on any atom is -0.478 e. The Bertz CT molecular complexity index is 505. The number of nitrogens with two attached hydrogens (primary N) is 1. The van der Waals surface area contributed by atoms with Gasteiger partial charge in [-0.2, -0.15) is 0 Å². The highest BCUT2D eigenvalue weighted by Gasteiger charge is 2.26. The number of nitrogens with zero attached hydrogens (tertiary/aromatic N) is 1. The lowest BCUT2D eigenvalue weighted by Crippen LogP contribution is -2.40. The number of benzene rings is 1. The number of halogens is 1. The maximum Gasteiger partial charge on any atom is 0.340 e. The van der Waals surface area contributed by atoms with E-state index in [2.05, 4.69) is 0 Å². The molecule has 6 heteroatoms. The summed E-state index contributed by atoms with van der Waals surface area (Å²) in [5, 5.41) is 9.27. The van der Waals surface area contributed by atoms with Crippen LogP contribution in [0, 0.1) is 5.82 Å². The Morgan fingerprint density at radius 2 is 2.35 bits per heavy atom. The number of anilines is 2. The summed E-state index contributed by atoms with van der Waals surface area (Å²) in [5.41, 5.74) is 5.55. The van der Waals surface area contributed by atoms with Gasteiger partial charge in [0.15, 0.2) is 0 Å². The molecular formula is C14H19FN2O3. The molecule has 110 valence electrons. The average molecular weight is 282 g/mol. The molecule has 1 aliphatic rings. The lowest BCUT2D eigenvalue weighted by atomic mass is 10.0. The van der Waals surface area contributed by atoms with Gasteiger partial charge >= 0.3 is 5.97 Å². The van der Waals surface area contributed by atoms with Gasteiger partial charge in [-0.1, -0.05) is 0 Å². The number of hydrogen-bond acceptors (Lipinski definition) is 4. The number of nitrogen functional groups attached to an aromatic ring is 1. The molecule has 1 atom stereocenters. The lowest BCUT2D eigenvalue weighted by molar-refractivity contribution is 0.0524. The van der Waals surface area contributed by atoms with E-state index in [1.807, 2.05) is 11.8 Å². The van der Waals surface area contributed by atoms with E-state index in [0.717, 1.165) is 19.4 Å². The molecule has 0 saturated carbocycles. The van der Waals surface area contributed by atoms with E-state index in [1.165, 1.54) is 12.1 Å². The summed E-state index contributed by atoms with van der Waals surface area (Å²) in [6, 6.07) is 2.69. The maximum atomic E-state index is 13.5. The van der Waals surface area contributed by atoms with Crippen LogP contribution in [0.4, 0.5) is 15.8 Å². The Morgan fingerprint density at radius 1 is 1.60 bits per heavy atom. The number of aromatic carboxylic acids is 1. The molecule has 0 aliphatic carbocycles. The van der Waals surface area contributed by atoms with Gasteiger partial charge in [0.2, 0.25) is 0 Å². The predicted molar refractivity (Wildman–Crippen MR) is 74.6 cm³/mol. The topological polar surface area (TPSA) is 75.8 Å². The minimum atomic E-state index is -1.21. The van der Waals surface area contributed by atoms with Crippen molar-refractivity contribution in [3.8, 4) is 0 Å². The van der Waals surface area contributed by atoms with E-state index in [0.29, 0.717) is 18.8 Å². The van der Waals surface area contributed by atoms with Gasteiger partial charge in [-0.25, -0.2) is 9.18 Å². The van der Waals surface area contributed by atoms with Gasteiger partial charge < -0.3 is 20.5 Å². The second-order valence-electron chi connectivity index (χ2n) is 4.83. The summed E-state index contributed by atoms with van der Waals surface area (Å²) in [6.07, 6.45) is 1.92. The Hall–Kier alpha value is -1.82. The first-order chi connectivity index (χ1) is 9.54. The number of carboxylic acid groups (broad SMARTS) is 1. The van der Waals surface area contributed by atoms with Gasteiger partial charge in [-0.05, 0) is 31.9 Å². The van der Waals surface area contributed by atoms with E-state index < -0.39 is 11.8 Å². The molecule has 0 radical (unpaired) electrons. The van der Waals surface area contributed by atoms with Gasteiger partial charge in [0.1, 0.15) is 11.4 Å². The number of hydrogen-bond donors (Lipinski definition) is 2. The number of carbonyl (C=O) groups is 1. The van der Waals surface area contributed by atoms with Crippen LogP contribution in [-0.2, 0) is 4.74 Å².